The molecule has 7 nitrogen and oxygen atoms in total. The summed E-state index contributed by atoms with van der Waals surface area (Å²) in [6.45, 7) is 5.01. The van der Waals surface area contributed by atoms with Gasteiger partial charge in [0.05, 0.1) is 11.9 Å². The van der Waals surface area contributed by atoms with Gasteiger partial charge in [0.15, 0.2) is 0 Å². The van der Waals surface area contributed by atoms with Crippen LogP contribution in [-0.4, -0.2) is 33.0 Å². The topological polar surface area (TPSA) is 95.6 Å². The van der Waals surface area contributed by atoms with Crippen molar-refractivity contribution >= 4 is 38.9 Å². The first kappa shape index (κ1) is 21.4. The summed E-state index contributed by atoms with van der Waals surface area (Å²) < 4.78 is 25.8. The molecule has 0 atom stereocenters. The van der Waals surface area contributed by atoms with Crippen LogP contribution < -0.4 is 14.9 Å². The van der Waals surface area contributed by atoms with Crippen LogP contribution in [0.4, 0.5) is 17.1 Å². The maximum atomic E-state index is 12.5. The molecule has 0 aliphatic carbocycles. The highest BCUT2D eigenvalue weighted by Crippen LogP contribution is 2.29. The summed E-state index contributed by atoms with van der Waals surface area (Å²) in [6, 6.07) is 13.7. The number of carbonyl (C=O) groups excluding carboxylic acids is 2. The predicted octanol–water partition coefficient (Wildman–Crippen LogP) is 3.17. The molecule has 0 unspecified atom stereocenters. The Bertz CT molecular complexity index is 954. The fraction of sp³-hybridized carbons (Fsp3) is 0.300. The molecule has 28 heavy (non-hydrogen) atoms. The SMILES string of the molecule is CC(=O)Nc1ccc(NC(=O)CN(c2ccccc2C(C)C)S(C)(=O)=O)cc1. The van der Waals surface area contributed by atoms with Crippen LogP contribution >= 0.6 is 0 Å². The van der Waals surface area contributed by atoms with Crippen LogP contribution in [0.5, 0.6) is 0 Å². The van der Waals surface area contributed by atoms with Crippen LogP contribution in [0.15, 0.2) is 48.5 Å². The van der Waals surface area contributed by atoms with E-state index in [2.05, 4.69) is 10.6 Å². The van der Waals surface area contributed by atoms with E-state index in [1.807, 2.05) is 26.0 Å². The Morgan fingerprint density at radius 3 is 2.00 bits per heavy atom. The molecule has 0 fully saturated rings. The first-order chi connectivity index (χ1) is 13.1. The van der Waals surface area contributed by atoms with Gasteiger partial charge in [-0.2, -0.15) is 0 Å². The maximum Gasteiger partial charge on any atom is 0.245 e. The minimum atomic E-state index is -3.66. The lowest BCUT2D eigenvalue weighted by molar-refractivity contribution is -0.115. The summed E-state index contributed by atoms with van der Waals surface area (Å²) in [5.74, 6) is -0.550. The number of rotatable bonds is 7. The molecule has 0 saturated heterocycles. The highest BCUT2D eigenvalue weighted by Gasteiger charge is 2.24. The lowest BCUT2D eigenvalue weighted by Gasteiger charge is -2.25. The summed E-state index contributed by atoms with van der Waals surface area (Å²) in [5.41, 5.74) is 2.45. The average Bonchev–Trinajstić information content (AvgIpc) is 2.60. The molecule has 0 aliphatic rings. The summed E-state index contributed by atoms with van der Waals surface area (Å²) >= 11 is 0. The molecule has 0 spiro atoms. The Morgan fingerprint density at radius 1 is 0.964 bits per heavy atom. The number of benzene rings is 2. The third-order valence-electron chi connectivity index (χ3n) is 4.00. The second kappa shape index (κ2) is 8.88. The van der Waals surface area contributed by atoms with Gasteiger partial charge in [0.2, 0.25) is 21.8 Å². The highest BCUT2D eigenvalue weighted by atomic mass is 32.2. The van der Waals surface area contributed by atoms with Crippen LogP contribution in [-0.2, 0) is 19.6 Å². The fourth-order valence-electron chi connectivity index (χ4n) is 2.76. The molecule has 8 heteroatoms. The predicted molar refractivity (Wildman–Crippen MR) is 112 cm³/mol. The third kappa shape index (κ3) is 5.82. The van der Waals surface area contributed by atoms with Crippen molar-refractivity contribution in [1.82, 2.24) is 0 Å². The number of anilines is 3. The van der Waals surface area contributed by atoms with E-state index < -0.39 is 15.9 Å². The van der Waals surface area contributed by atoms with Gasteiger partial charge >= 0.3 is 0 Å². The number of nitrogens with one attached hydrogen (secondary N) is 2. The molecular weight excluding hydrogens is 378 g/mol. The molecule has 0 aliphatic heterocycles. The number of hydrogen-bond acceptors (Lipinski definition) is 4. The number of sulfonamides is 1. The van der Waals surface area contributed by atoms with Gasteiger partial charge in [0.1, 0.15) is 6.54 Å². The Hall–Kier alpha value is -2.87. The zero-order valence-electron chi connectivity index (χ0n) is 16.4. The van der Waals surface area contributed by atoms with Gasteiger partial charge in [-0.1, -0.05) is 32.0 Å². The Kier molecular flexibility index (Phi) is 6.80. The van der Waals surface area contributed by atoms with Crippen molar-refractivity contribution in [2.24, 2.45) is 0 Å². The number of hydrogen-bond donors (Lipinski definition) is 2. The van der Waals surface area contributed by atoms with Gasteiger partial charge in [-0.05, 0) is 41.8 Å². The van der Waals surface area contributed by atoms with E-state index in [4.69, 9.17) is 0 Å². The van der Waals surface area contributed by atoms with Crippen LogP contribution in [0.3, 0.4) is 0 Å². The van der Waals surface area contributed by atoms with E-state index in [-0.39, 0.29) is 18.4 Å². The van der Waals surface area contributed by atoms with E-state index in [0.29, 0.717) is 17.1 Å². The smallest absolute Gasteiger partial charge is 0.245 e. The standard InChI is InChI=1S/C20H25N3O4S/c1-14(2)18-7-5-6-8-19(18)23(28(4,26)27)13-20(25)22-17-11-9-16(10-12-17)21-15(3)24/h5-12,14H,13H2,1-4H3,(H,21,24)(H,22,25). The molecule has 0 saturated carbocycles. The van der Waals surface area contributed by atoms with E-state index in [1.165, 1.54) is 6.92 Å². The first-order valence-electron chi connectivity index (χ1n) is 8.82. The van der Waals surface area contributed by atoms with E-state index in [1.54, 1.807) is 36.4 Å². The molecule has 0 aromatic heterocycles. The molecule has 2 aromatic carbocycles. The minimum Gasteiger partial charge on any atom is -0.326 e. The van der Waals surface area contributed by atoms with Crippen molar-refractivity contribution in [3.63, 3.8) is 0 Å². The summed E-state index contributed by atoms with van der Waals surface area (Å²) in [6.07, 6.45) is 1.08. The van der Waals surface area contributed by atoms with Crippen LogP contribution in [0.2, 0.25) is 0 Å². The zero-order chi connectivity index (χ0) is 20.9. The van der Waals surface area contributed by atoms with Gasteiger partial charge in [-0.3, -0.25) is 13.9 Å². The van der Waals surface area contributed by atoms with E-state index in [9.17, 15) is 18.0 Å². The van der Waals surface area contributed by atoms with Crippen molar-refractivity contribution in [3.8, 4) is 0 Å². The molecule has 2 aromatic rings. The van der Waals surface area contributed by atoms with E-state index >= 15 is 0 Å². The highest BCUT2D eigenvalue weighted by molar-refractivity contribution is 7.92. The maximum absolute atomic E-state index is 12.5. The molecule has 150 valence electrons. The summed E-state index contributed by atoms with van der Waals surface area (Å²) in [4.78, 5) is 23.6. The lowest BCUT2D eigenvalue weighted by atomic mass is 10.0. The average molecular weight is 404 g/mol. The normalized spacial score (nSPS) is 11.2. The van der Waals surface area contributed by atoms with Crippen LogP contribution in [0, 0.1) is 0 Å². The van der Waals surface area contributed by atoms with Crippen LogP contribution in [0.1, 0.15) is 32.3 Å². The fourth-order valence-corrected chi connectivity index (χ4v) is 3.63. The van der Waals surface area contributed by atoms with Gasteiger partial charge in [0.25, 0.3) is 0 Å². The Balaban J connectivity index is 2.20. The van der Waals surface area contributed by atoms with Crippen molar-refractivity contribution in [1.29, 1.82) is 0 Å². The number of amides is 2. The minimum absolute atomic E-state index is 0.102. The van der Waals surface area contributed by atoms with Crippen molar-refractivity contribution in [3.05, 3.63) is 54.1 Å². The van der Waals surface area contributed by atoms with Crippen molar-refractivity contribution in [2.45, 2.75) is 26.7 Å². The second-order valence-electron chi connectivity index (χ2n) is 6.79. The summed E-state index contributed by atoms with van der Waals surface area (Å²) in [5, 5.41) is 5.32. The van der Waals surface area contributed by atoms with Gasteiger partial charge in [-0.25, -0.2) is 8.42 Å². The monoisotopic (exact) mass is 403 g/mol. The van der Waals surface area contributed by atoms with Gasteiger partial charge in [-0.15, -0.1) is 0 Å². The molecule has 0 heterocycles. The number of para-hydroxylation sites is 1. The zero-order valence-corrected chi connectivity index (χ0v) is 17.2. The largest absolute Gasteiger partial charge is 0.326 e. The quantitative estimate of drug-likeness (QED) is 0.742. The Labute approximate surface area is 165 Å². The number of nitrogens with zero attached hydrogens (tertiary/aromatic N) is 1. The van der Waals surface area contributed by atoms with Gasteiger partial charge in [0, 0.05) is 18.3 Å². The van der Waals surface area contributed by atoms with Gasteiger partial charge < -0.3 is 10.6 Å². The second-order valence-corrected chi connectivity index (χ2v) is 8.70. The molecule has 0 radical (unpaired) electrons. The number of carbonyl (C=O) groups is 2. The third-order valence-corrected chi connectivity index (χ3v) is 5.13. The molecule has 2 rings (SSSR count). The lowest BCUT2D eigenvalue weighted by Crippen LogP contribution is -2.38. The van der Waals surface area contributed by atoms with E-state index in [0.717, 1.165) is 16.1 Å². The van der Waals surface area contributed by atoms with Crippen molar-refractivity contribution in [2.75, 3.05) is 27.7 Å². The molecule has 2 amide bonds. The van der Waals surface area contributed by atoms with Crippen molar-refractivity contribution < 1.29 is 18.0 Å². The van der Waals surface area contributed by atoms with Crippen LogP contribution in [0.25, 0.3) is 0 Å². The Morgan fingerprint density at radius 2 is 1.50 bits per heavy atom. The molecule has 2 N–H and O–H groups in total. The molecule has 0 bridgehead atoms. The first-order valence-corrected chi connectivity index (χ1v) is 10.7. The summed E-state index contributed by atoms with van der Waals surface area (Å²) in [7, 11) is -3.66. The molecular formula is C20H25N3O4S.